The van der Waals surface area contributed by atoms with Gasteiger partial charge in [-0.3, -0.25) is 0 Å². The van der Waals surface area contributed by atoms with Gasteiger partial charge in [-0.15, -0.1) is 0 Å². The van der Waals surface area contributed by atoms with Crippen molar-refractivity contribution in [3.63, 3.8) is 0 Å². The van der Waals surface area contributed by atoms with Crippen LogP contribution in [-0.2, 0) is 0 Å². The van der Waals surface area contributed by atoms with E-state index in [2.05, 4.69) is 15.3 Å². The number of benzene rings is 1. The third-order valence-electron chi connectivity index (χ3n) is 2.40. The lowest BCUT2D eigenvalue weighted by atomic mass is 10.2. The number of hydrogen-bond donors (Lipinski definition) is 1. The van der Waals surface area contributed by atoms with E-state index in [4.69, 9.17) is 4.74 Å². The number of anilines is 1. The summed E-state index contributed by atoms with van der Waals surface area (Å²) in [5.74, 6) is 1.98. The fourth-order valence-electron chi connectivity index (χ4n) is 1.64. The zero-order chi connectivity index (χ0) is 13.9. The molecule has 0 saturated heterocycles. The van der Waals surface area contributed by atoms with Crippen LogP contribution >= 0.6 is 0 Å². The Balaban J connectivity index is 2.42. The Morgan fingerprint density at radius 2 is 1.74 bits per heavy atom. The van der Waals surface area contributed by atoms with Gasteiger partial charge in [-0.05, 0) is 20.8 Å². The van der Waals surface area contributed by atoms with Crippen molar-refractivity contribution in [2.75, 3.05) is 12.4 Å². The maximum absolute atomic E-state index is 5.82. The Hall–Kier alpha value is -2.10. The summed E-state index contributed by atoms with van der Waals surface area (Å²) in [5.41, 5.74) is 0.686. The third kappa shape index (κ3) is 3.68. The molecule has 0 aliphatic rings. The van der Waals surface area contributed by atoms with Crippen LogP contribution in [0.15, 0.2) is 36.4 Å². The normalized spacial score (nSPS) is 11.2. The highest BCUT2D eigenvalue weighted by atomic mass is 16.5. The molecule has 0 fully saturated rings. The second kappa shape index (κ2) is 5.26. The van der Waals surface area contributed by atoms with Crippen molar-refractivity contribution in [1.29, 1.82) is 0 Å². The van der Waals surface area contributed by atoms with Crippen molar-refractivity contribution in [3.8, 4) is 17.3 Å². The van der Waals surface area contributed by atoms with Crippen molar-refractivity contribution >= 4 is 5.82 Å². The number of nitrogens with one attached hydrogen (secondary N) is 1. The molecule has 0 unspecified atom stereocenters. The smallest absolute Gasteiger partial charge is 0.219 e. The van der Waals surface area contributed by atoms with E-state index in [-0.39, 0.29) is 5.60 Å². The lowest BCUT2D eigenvalue weighted by Crippen LogP contribution is -2.23. The van der Waals surface area contributed by atoms with E-state index >= 15 is 0 Å². The molecule has 19 heavy (non-hydrogen) atoms. The Morgan fingerprint density at radius 1 is 1.05 bits per heavy atom. The SMILES string of the molecule is CNc1cc(OC(C)(C)C)nc(-c2ccccc2)n1. The molecule has 0 spiro atoms. The van der Waals surface area contributed by atoms with Crippen LogP contribution in [0, 0.1) is 0 Å². The quantitative estimate of drug-likeness (QED) is 0.915. The standard InChI is InChI=1S/C15H19N3O/c1-15(2,3)19-13-10-12(16-4)17-14(18-13)11-8-6-5-7-9-11/h5-10H,1-4H3,(H,16,17,18). The number of hydrogen-bond acceptors (Lipinski definition) is 4. The molecule has 2 rings (SSSR count). The number of aromatic nitrogens is 2. The van der Waals surface area contributed by atoms with Crippen molar-refractivity contribution in [1.82, 2.24) is 9.97 Å². The average molecular weight is 257 g/mol. The summed E-state index contributed by atoms with van der Waals surface area (Å²) in [7, 11) is 1.83. The van der Waals surface area contributed by atoms with Gasteiger partial charge in [-0.2, -0.15) is 4.98 Å². The molecule has 0 amide bonds. The van der Waals surface area contributed by atoms with Gasteiger partial charge in [-0.1, -0.05) is 30.3 Å². The van der Waals surface area contributed by atoms with Crippen LogP contribution in [0.25, 0.3) is 11.4 Å². The van der Waals surface area contributed by atoms with E-state index in [1.165, 1.54) is 0 Å². The predicted octanol–water partition coefficient (Wildman–Crippen LogP) is 3.36. The first-order chi connectivity index (χ1) is 8.98. The zero-order valence-corrected chi connectivity index (χ0v) is 11.8. The van der Waals surface area contributed by atoms with Crippen LogP contribution in [0.1, 0.15) is 20.8 Å². The molecular weight excluding hydrogens is 238 g/mol. The van der Waals surface area contributed by atoms with Gasteiger partial charge in [0.2, 0.25) is 5.88 Å². The van der Waals surface area contributed by atoms with Crippen LogP contribution in [0.5, 0.6) is 5.88 Å². The molecule has 4 nitrogen and oxygen atoms in total. The predicted molar refractivity (Wildman–Crippen MR) is 77.4 cm³/mol. The fourth-order valence-corrected chi connectivity index (χ4v) is 1.64. The second-order valence-electron chi connectivity index (χ2n) is 5.25. The third-order valence-corrected chi connectivity index (χ3v) is 2.40. The molecule has 0 aliphatic heterocycles. The number of rotatable bonds is 3. The fraction of sp³-hybridized carbons (Fsp3) is 0.333. The Kier molecular flexibility index (Phi) is 3.69. The van der Waals surface area contributed by atoms with Gasteiger partial charge in [0, 0.05) is 18.7 Å². The van der Waals surface area contributed by atoms with Crippen molar-refractivity contribution in [3.05, 3.63) is 36.4 Å². The van der Waals surface area contributed by atoms with Gasteiger partial charge in [0.1, 0.15) is 11.4 Å². The summed E-state index contributed by atoms with van der Waals surface area (Å²) in [4.78, 5) is 8.91. The molecule has 0 saturated carbocycles. The highest BCUT2D eigenvalue weighted by Crippen LogP contribution is 2.23. The van der Waals surface area contributed by atoms with Gasteiger partial charge in [0.25, 0.3) is 0 Å². The maximum atomic E-state index is 5.82. The second-order valence-corrected chi connectivity index (χ2v) is 5.25. The minimum absolute atomic E-state index is 0.284. The lowest BCUT2D eigenvalue weighted by Gasteiger charge is -2.21. The lowest BCUT2D eigenvalue weighted by molar-refractivity contribution is 0.124. The summed E-state index contributed by atoms with van der Waals surface area (Å²) >= 11 is 0. The van der Waals surface area contributed by atoms with E-state index in [1.54, 1.807) is 6.07 Å². The molecule has 0 bridgehead atoms. The van der Waals surface area contributed by atoms with Gasteiger partial charge in [0.05, 0.1) is 0 Å². The Labute approximate surface area is 113 Å². The highest BCUT2D eigenvalue weighted by Gasteiger charge is 2.15. The van der Waals surface area contributed by atoms with Gasteiger partial charge in [0.15, 0.2) is 5.82 Å². The van der Waals surface area contributed by atoms with E-state index < -0.39 is 0 Å². The molecule has 100 valence electrons. The van der Waals surface area contributed by atoms with Crippen LogP contribution < -0.4 is 10.1 Å². The van der Waals surface area contributed by atoms with Crippen molar-refractivity contribution in [2.45, 2.75) is 26.4 Å². The van der Waals surface area contributed by atoms with Crippen molar-refractivity contribution in [2.24, 2.45) is 0 Å². The first kappa shape index (κ1) is 13.3. The van der Waals surface area contributed by atoms with Crippen LogP contribution in [0.3, 0.4) is 0 Å². The summed E-state index contributed by atoms with van der Waals surface area (Å²) in [6.45, 7) is 5.99. The van der Waals surface area contributed by atoms with Gasteiger partial charge < -0.3 is 10.1 Å². The summed E-state index contributed by atoms with van der Waals surface area (Å²) < 4.78 is 5.82. The summed E-state index contributed by atoms with van der Waals surface area (Å²) in [6.07, 6.45) is 0. The molecule has 1 heterocycles. The summed E-state index contributed by atoms with van der Waals surface area (Å²) in [6, 6.07) is 11.7. The minimum atomic E-state index is -0.284. The van der Waals surface area contributed by atoms with E-state index in [0.29, 0.717) is 11.7 Å². The number of nitrogens with zero attached hydrogens (tertiary/aromatic N) is 2. The molecule has 2 aromatic rings. The van der Waals surface area contributed by atoms with Gasteiger partial charge >= 0.3 is 0 Å². The van der Waals surface area contributed by atoms with E-state index in [1.807, 2.05) is 58.2 Å². The van der Waals surface area contributed by atoms with Crippen molar-refractivity contribution < 1.29 is 4.74 Å². The molecule has 4 heteroatoms. The van der Waals surface area contributed by atoms with E-state index in [0.717, 1.165) is 11.4 Å². The monoisotopic (exact) mass is 257 g/mol. The van der Waals surface area contributed by atoms with Gasteiger partial charge in [-0.25, -0.2) is 4.98 Å². The highest BCUT2D eigenvalue weighted by molar-refractivity contribution is 5.58. The molecule has 0 radical (unpaired) electrons. The maximum Gasteiger partial charge on any atom is 0.219 e. The van der Waals surface area contributed by atoms with Crippen LogP contribution in [0.4, 0.5) is 5.82 Å². The van der Waals surface area contributed by atoms with Crippen LogP contribution in [0.2, 0.25) is 0 Å². The molecule has 0 atom stereocenters. The van der Waals surface area contributed by atoms with Crippen LogP contribution in [-0.4, -0.2) is 22.6 Å². The molecular formula is C15H19N3O. The molecule has 1 N–H and O–H groups in total. The van der Waals surface area contributed by atoms with E-state index in [9.17, 15) is 0 Å². The minimum Gasteiger partial charge on any atom is -0.472 e. The topological polar surface area (TPSA) is 47.0 Å². The molecule has 1 aromatic heterocycles. The first-order valence-electron chi connectivity index (χ1n) is 6.29. The largest absolute Gasteiger partial charge is 0.472 e. The summed E-state index contributed by atoms with van der Waals surface area (Å²) in [5, 5.41) is 3.03. The number of ether oxygens (including phenoxy) is 1. The average Bonchev–Trinajstić information content (AvgIpc) is 2.37. The first-order valence-corrected chi connectivity index (χ1v) is 6.29. The molecule has 0 aliphatic carbocycles. The Bertz CT molecular complexity index is 547. The Morgan fingerprint density at radius 3 is 2.32 bits per heavy atom. The zero-order valence-electron chi connectivity index (χ0n) is 11.8. The molecule has 1 aromatic carbocycles.